The van der Waals surface area contributed by atoms with Crippen LogP contribution in [0.3, 0.4) is 0 Å². The van der Waals surface area contributed by atoms with Gasteiger partial charge in [-0.3, -0.25) is 9.59 Å². The minimum absolute atomic E-state index is 0.0712. The second kappa shape index (κ2) is 6.83. The molecule has 1 amide bonds. The quantitative estimate of drug-likeness (QED) is 0.670. The average Bonchev–Trinajstić information content (AvgIpc) is 2.70. The largest absolute Gasteiger partial charge is 0.481 e. The Hall–Kier alpha value is -1.57. The Morgan fingerprint density at radius 1 is 1.50 bits per heavy atom. The van der Waals surface area contributed by atoms with E-state index in [0.29, 0.717) is 18.8 Å². The minimum Gasteiger partial charge on any atom is -0.481 e. The van der Waals surface area contributed by atoms with Crippen LogP contribution in [0.4, 0.5) is 0 Å². The highest BCUT2D eigenvalue weighted by Gasteiger charge is 2.04. The van der Waals surface area contributed by atoms with Crippen molar-refractivity contribution in [3.05, 3.63) is 12.2 Å². The molecule has 1 rings (SSSR count). The molecule has 0 spiro atoms. The van der Waals surface area contributed by atoms with Gasteiger partial charge >= 0.3 is 5.97 Å². The molecule has 1 heterocycles. The normalized spacial score (nSPS) is 10.0. The smallest absolute Gasteiger partial charge is 0.313 e. The van der Waals surface area contributed by atoms with Gasteiger partial charge in [0.05, 0.1) is 11.5 Å². The predicted molar refractivity (Wildman–Crippen MR) is 56.0 cm³/mol. The van der Waals surface area contributed by atoms with Crippen molar-refractivity contribution in [3.8, 4) is 0 Å². The molecule has 0 aliphatic carbocycles. The molecule has 1 aromatic heterocycles. The highest BCUT2D eigenvalue weighted by molar-refractivity contribution is 8.00. The van der Waals surface area contributed by atoms with Crippen molar-refractivity contribution in [1.82, 2.24) is 15.5 Å². The molecule has 0 bridgehead atoms. The number of aliphatic carboxylic acids is 1. The highest BCUT2D eigenvalue weighted by Crippen LogP contribution is 1.98. The fourth-order valence-electron chi connectivity index (χ4n) is 0.898. The number of amides is 1. The Morgan fingerprint density at radius 2 is 2.31 bits per heavy atom. The molecule has 2 N–H and O–H groups in total. The van der Waals surface area contributed by atoms with Crippen molar-refractivity contribution in [1.29, 1.82) is 0 Å². The number of rotatable bonds is 7. The van der Waals surface area contributed by atoms with Crippen molar-refractivity contribution in [2.45, 2.75) is 6.42 Å². The van der Waals surface area contributed by atoms with Gasteiger partial charge in [0.1, 0.15) is 0 Å². The van der Waals surface area contributed by atoms with Gasteiger partial charge < -0.3 is 14.9 Å². The standard InChI is InChI=1S/C8H11N3O4S/c12-7(3-16-4-8(13)14)9-2-1-6-10-5-15-11-6/h5H,1-4H2,(H,9,12)(H,13,14). The van der Waals surface area contributed by atoms with Crippen LogP contribution >= 0.6 is 11.8 Å². The molecule has 16 heavy (non-hydrogen) atoms. The van der Waals surface area contributed by atoms with E-state index < -0.39 is 5.97 Å². The van der Waals surface area contributed by atoms with Crippen LogP contribution in [0.25, 0.3) is 0 Å². The van der Waals surface area contributed by atoms with Crippen LogP contribution in [0.2, 0.25) is 0 Å². The molecule has 0 aliphatic heterocycles. The third-order valence-electron chi connectivity index (χ3n) is 1.54. The number of carboxylic acid groups (broad SMARTS) is 1. The Labute approximate surface area is 95.6 Å². The first-order valence-electron chi connectivity index (χ1n) is 4.50. The summed E-state index contributed by atoms with van der Waals surface area (Å²) in [6, 6.07) is 0. The zero-order valence-electron chi connectivity index (χ0n) is 8.38. The zero-order valence-corrected chi connectivity index (χ0v) is 9.20. The maximum Gasteiger partial charge on any atom is 0.313 e. The Balaban J connectivity index is 2.04. The van der Waals surface area contributed by atoms with E-state index in [2.05, 4.69) is 20.0 Å². The van der Waals surface area contributed by atoms with Crippen molar-refractivity contribution >= 4 is 23.6 Å². The molecule has 7 nitrogen and oxygen atoms in total. The monoisotopic (exact) mass is 245 g/mol. The molecule has 0 unspecified atom stereocenters. The van der Waals surface area contributed by atoms with Gasteiger partial charge in [-0.25, -0.2) is 0 Å². The molecule has 1 aromatic rings. The summed E-state index contributed by atoms with van der Waals surface area (Å²) in [5, 5.41) is 14.5. The summed E-state index contributed by atoms with van der Waals surface area (Å²) in [6.07, 6.45) is 1.71. The van der Waals surface area contributed by atoms with E-state index in [4.69, 9.17) is 5.11 Å². The van der Waals surface area contributed by atoms with Gasteiger partial charge in [0.25, 0.3) is 0 Å². The molecule has 0 atom stereocenters. The lowest BCUT2D eigenvalue weighted by molar-refractivity contribution is -0.133. The zero-order chi connectivity index (χ0) is 11.8. The van der Waals surface area contributed by atoms with Gasteiger partial charge in [0.2, 0.25) is 12.3 Å². The highest BCUT2D eigenvalue weighted by atomic mass is 32.2. The van der Waals surface area contributed by atoms with E-state index >= 15 is 0 Å². The summed E-state index contributed by atoms with van der Waals surface area (Å²) >= 11 is 1.06. The number of thioether (sulfide) groups is 1. The minimum atomic E-state index is -0.926. The van der Waals surface area contributed by atoms with Gasteiger partial charge in [0, 0.05) is 13.0 Å². The van der Waals surface area contributed by atoms with Gasteiger partial charge in [0.15, 0.2) is 5.82 Å². The lowest BCUT2D eigenvalue weighted by atomic mass is 10.4. The number of carbonyl (C=O) groups excluding carboxylic acids is 1. The van der Waals surface area contributed by atoms with Crippen LogP contribution in [0.15, 0.2) is 10.9 Å². The Bertz CT molecular complexity index is 341. The first-order valence-corrected chi connectivity index (χ1v) is 5.65. The molecular formula is C8H11N3O4S. The van der Waals surface area contributed by atoms with Gasteiger partial charge in [-0.1, -0.05) is 5.16 Å². The van der Waals surface area contributed by atoms with E-state index in [-0.39, 0.29) is 17.4 Å². The topological polar surface area (TPSA) is 105 Å². The summed E-state index contributed by atoms with van der Waals surface area (Å²) in [6.45, 7) is 0.409. The number of carboxylic acids is 1. The summed E-state index contributed by atoms with van der Waals surface area (Å²) < 4.78 is 4.52. The molecule has 88 valence electrons. The van der Waals surface area contributed by atoms with E-state index in [1.165, 1.54) is 6.39 Å². The number of carbonyl (C=O) groups is 2. The van der Waals surface area contributed by atoms with E-state index in [1.807, 2.05) is 0 Å². The summed E-state index contributed by atoms with van der Waals surface area (Å²) in [4.78, 5) is 25.1. The summed E-state index contributed by atoms with van der Waals surface area (Å²) in [7, 11) is 0. The first-order chi connectivity index (χ1) is 7.68. The molecular weight excluding hydrogens is 234 g/mol. The maximum absolute atomic E-state index is 11.2. The van der Waals surface area contributed by atoms with Crippen LogP contribution in [0, 0.1) is 0 Å². The summed E-state index contributed by atoms with van der Waals surface area (Å²) in [5.41, 5.74) is 0. The molecule has 0 aliphatic rings. The molecule has 0 saturated carbocycles. The number of aromatic nitrogens is 2. The Kier molecular flexibility index (Phi) is 5.34. The Morgan fingerprint density at radius 3 is 2.94 bits per heavy atom. The number of hydrogen-bond acceptors (Lipinski definition) is 6. The van der Waals surface area contributed by atoms with Crippen molar-refractivity contribution in [2.24, 2.45) is 0 Å². The molecule has 0 radical (unpaired) electrons. The lowest BCUT2D eigenvalue weighted by Gasteiger charge is -2.01. The van der Waals surface area contributed by atoms with Crippen molar-refractivity contribution in [2.75, 3.05) is 18.1 Å². The molecule has 8 heteroatoms. The van der Waals surface area contributed by atoms with Crippen molar-refractivity contribution in [3.63, 3.8) is 0 Å². The second-order valence-electron chi connectivity index (χ2n) is 2.83. The maximum atomic E-state index is 11.2. The van der Waals surface area contributed by atoms with Crippen LogP contribution in [0.1, 0.15) is 5.82 Å². The van der Waals surface area contributed by atoms with Gasteiger partial charge in [-0.15, -0.1) is 11.8 Å². The number of nitrogens with one attached hydrogen (secondary N) is 1. The fraction of sp³-hybridized carbons (Fsp3) is 0.500. The van der Waals surface area contributed by atoms with E-state index in [0.717, 1.165) is 11.8 Å². The lowest BCUT2D eigenvalue weighted by Crippen LogP contribution is -2.27. The summed E-state index contributed by atoms with van der Waals surface area (Å²) in [5.74, 6) is -0.533. The molecule has 0 aromatic carbocycles. The number of nitrogens with zero attached hydrogens (tertiary/aromatic N) is 2. The van der Waals surface area contributed by atoms with Crippen LogP contribution in [-0.4, -0.2) is 45.2 Å². The van der Waals surface area contributed by atoms with Crippen LogP contribution < -0.4 is 5.32 Å². The molecule has 0 fully saturated rings. The molecule has 0 saturated heterocycles. The van der Waals surface area contributed by atoms with E-state index in [1.54, 1.807) is 0 Å². The second-order valence-corrected chi connectivity index (χ2v) is 3.82. The van der Waals surface area contributed by atoms with E-state index in [9.17, 15) is 9.59 Å². The first kappa shape index (κ1) is 12.5. The third kappa shape index (κ3) is 5.35. The van der Waals surface area contributed by atoms with Crippen LogP contribution in [-0.2, 0) is 16.0 Å². The van der Waals surface area contributed by atoms with Gasteiger partial charge in [-0.05, 0) is 0 Å². The fourth-order valence-corrected chi connectivity index (χ4v) is 1.46. The average molecular weight is 245 g/mol. The predicted octanol–water partition coefficient (Wildman–Crippen LogP) is -0.454. The van der Waals surface area contributed by atoms with Crippen LogP contribution in [0.5, 0.6) is 0 Å². The van der Waals surface area contributed by atoms with Gasteiger partial charge in [-0.2, -0.15) is 4.98 Å². The SMILES string of the molecule is O=C(O)CSCC(=O)NCCc1ncon1. The third-order valence-corrected chi connectivity index (χ3v) is 2.45. The van der Waals surface area contributed by atoms with Crippen molar-refractivity contribution < 1.29 is 19.2 Å². The number of hydrogen-bond donors (Lipinski definition) is 2.